The standard InChI is InChI=1S/C25H35NO.ClH/c1-23-12-19-13-24(15-23,20-5-3-2-4-6-20)17-25(14-19,16-23)22(27)11-18-7-9-21(26)10-8-18;/h2-6,18-19,21H,7-17,26H2,1H3;1H/t18?,19?,21?,23-,24-,25?;/m1./s1. The molecule has 2 N–H and O–H groups in total. The van der Waals surface area contributed by atoms with Gasteiger partial charge in [0.15, 0.2) is 0 Å². The molecule has 5 aliphatic rings. The number of hydrogen-bond acceptors (Lipinski definition) is 2. The van der Waals surface area contributed by atoms with E-state index in [2.05, 4.69) is 37.3 Å². The SMILES string of the molecule is C[C@]12CC3CC(C(=O)CC4CCC(N)CC4)(C1)C[C@@](c1ccccc1)(C3)C2.Cl. The first kappa shape index (κ1) is 20.4. The smallest absolute Gasteiger partial charge is 0.139 e. The van der Waals surface area contributed by atoms with Crippen molar-refractivity contribution in [1.29, 1.82) is 0 Å². The molecule has 2 nitrogen and oxygen atoms in total. The summed E-state index contributed by atoms with van der Waals surface area (Å²) in [5, 5.41) is 0. The summed E-state index contributed by atoms with van der Waals surface area (Å²) in [4.78, 5) is 13.7. The van der Waals surface area contributed by atoms with Crippen LogP contribution in [0.5, 0.6) is 0 Å². The van der Waals surface area contributed by atoms with E-state index in [1.807, 2.05) is 0 Å². The summed E-state index contributed by atoms with van der Waals surface area (Å²) in [5.41, 5.74) is 8.16. The maximum atomic E-state index is 13.7. The van der Waals surface area contributed by atoms with Crippen LogP contribution in [0.15, 0.2) is 30.3 Å². The third-order valence-corrected chi connectivity index (χ3v) is 8.69. The van der Waals surface area contributed by atoms with Crippen molar-refractivity contribution in [1.82, 2.24) is 0 Å². The van der Waals surface area contributed by atoms with Crippen molar-refractivity contribution in [3.8, 4) is 0 Å². The Labute approximate surface area is 176 Å². The molecule has 0 amide bonds. The van der Waals surface area contributed by atoms with Crippen LogP contribution < -0.4 is 5.73 Å². The summed E-state index contributed by atoms with van der Waals surface area (Å²) >= 11 is 0. The number of carbonyl (C=O) groups is 1. The number of carbonyl (C=O) groups excluding carboxylic acids is 1. The normalized spacial score (nSPS) is 44.1. The van der Waals surface area contributed by atoms with Gasteiger partial charge in [0.05, 0.1) is 0 Å². The van der Waals surface area contributed by atoms with E-state index >= 15 is 0 Å². The van der Waals surface area contributed by atoms with E-state index in [0.717, 1.165) is 50.9 Å². The van der Waals surface area contributed by atoms with Crippen molar-refractivity contribution in [3.05, 3.63) is 35.9 Å². The van der Waals surface area contributed by atoms with Gasteiger partial charge in [-0.05, 0) is 92.4 Å². The van der Waals surface area contributed by atoms with Gasteiger partial charge in [-0.1, -0.05) is 37.3 Å². The quantitative estimate of drug-likeness (QED) is 0.691. The molecule has 5 fully saturated rings. The maximum Gasteiger partial charge on any atom is 0.139 e. The Kier molecular flexibility index (Phi) is 5.20. The van der Waals surface area contributed by atoms with Crippen LogP contribution in [0.2, 0.25) is 0 Å². The summed E-state index contributed by atoms with van der Waals surface area (Å²) in [6.07, 6.45) is 12.7. The van der Waals surface area contributed by atoms with Crippen LogP contribution in [0.25, 0.3) is 0 Å². The molecule has 0 heterocycles. The summed E-state index contributed by atoms with van der Waals surface area (Å²) in [5.74, 6) is 1.94. The second-order valence-corrected chi connectivity index (χ2v) is 11.2. The first-order chi connectivity index (χ1) is 12.9. The van der Waals surface area contributed by atoms with E-state index in [0.29, 0.717) is 23.2 Å². The molecule has 0 spiro atoms. The van der Waals surface area contributed by atoms with Gasteiger partial charge in [-0.25, -0.2) is 0 Å². The minimum atomic E-state index is -0.0381. The van der Waals surface area contributed by atoms with Crippen LogP contribution in [0.4, 0.5) is 0 Å². The molecule has 6 rings (SSSR count). The summed E-state index contributed by atoms with van der Waals surface area (Å²) in [6, 6.07) is 11.5. The van der Waals surface area contributed by atoms with Gasteiger partial charge in [0.2, 0.25) is 0 Å². The Balaban J connectivity index is 0.00000192. The highest BCUT2D eigenvalue weighted by atomic mass is 35.5. The average Bonchev–Trinajstić information content (AvgIpc) is 2.62. The van der Waals surface area contributed by atoms with Gasteiger partial charge < -0.3 is 5.73 Å². The Bertz CT molecular complexity index is 727. The minimum absolute atomic E-state index is 0. The molecular weight excluding hydrogens is 366 g/mol. The van der Waals surface area contributed by atoms with E-state index in [-0.39, 0.29) is 23.2 Å². The zero-order valence-corrected chi connectivity index (χ0v) is 18.1. The zero-order valence-electron chi connectivity index (χ0n) is 17.3. The third kappa shape index (κ3) is 3.35. The molecule has 1 aromatic rings. The Morgan fingerprint density at radius 1 is 1.00 bits per heavy atom. The van der Waals surface area contributed by atoms with Crippen molar-refractivity contribution in [2.45, 2.75) is 89.0 Å². The van der Waals surface area contributed by atoms with Gasteiger partial charge in [0.25, 0.3) is 0 Å². The molecule has 1 aromatic carbocycles. The van der Waals surface area contributed by atoms with Crippen LogP contribution in [0, 0.1) is 22.7 Å². The number of benzene rings is 1. The number of Topliss-reactive ketones (excluding diaryl/α,β-unsaturated/α-hetero) is 1. The largest absolute Gasteiger partial charge is 0.328 e. The molecule has 2 unspecified atom stereocenters. The van der Waals surface area contributed by atoms with Crippen LogP contribution >= 0.6 is 12.4 Å². The molecule has 5 saturated carbocycles. The van der Waals surface area contributed by atoms with Gasteiger partial charge in [-0.2, -0.15) is 0 Å². The lowest BCUT2D eigenvalue weighted by molar-refractivity contribution is -0.159. The van der Waals surface area contributed by atoms with E-state index < -0.39 is 0 Å². The van der Waals surface area contributed by atoms with Gasteiger partial charge in [0, 0.05) is 17.9 Å². The topological polar surface area (TPSA) is 43.1 Å². The number of ketones is 1. The molecule has 28 heavy (non-hydrogen) atoms. The number of rotatable bonds is 4. The van der Waals surface area contributed by atoms with Crippen molar-refractivity contribution in [3.63, 3.8) is 0 Å². The van der Waals surface area contributed by atoms with Gasteiger partial charge in [-0.15, -0.1) is 12.4 Å². The molecule has 4 bridgehead atoms. The fraction of sp³-hybridized carbons (Fsp3) is 0.720. The highest BCUT2D eigenvalue weighted by Crippen LogP contribution is 2.70. The van der Waals surface area contributed by atoms with Crippen LogP contribution in [-0.4, -0.2) is 11.8 Å². The monoisotopic (exact) mass is 401 g/mol. The maximum absolute atomic E-state index is 13.7. The zero-order chi connectivity index (χ0) is 18.7. The lowest BCUT2D eigenvalue weighted by Gasteiger charge is -2.66. The molecule has 5 aliphatic carbocycles. The molecule has 0 aromatic heterocycles. The van der Waals surface area contributed by atoms with Crippen LogP contribution in [0.3, 0.4) is 0 Å². The highest BCUT2D eigenvalue weighted by molar-refractivity contribution is 5.86. The van der Waals surface area contributed by atoms with E-state index in [4.69, 9.17) is 5.73 Å². The first-order valence-corrected chi connectivity index (χ1v) is 11.2. The summed E-state index contributed by atoms with van der Waals surface area (Å²) < 4.78 is 0. The molecule has 3 heteroatoms. The predicted molar refractivity (Wildman–Crippen MR) is 117 cm³/mol. The molecule has 0 radical (unpaired) electrons. The number of halogens is 1. The van der Waals surface area contributed by atoms with Crippen molar-refractivity contribution in [2.75, 3.05) is 0 Å². The minimum Gasteiger partial charge on any atom is -0.328 e. The molecule has 0 saturated heterocycles. The molecule has 4 atom stereocenters. The van der Waals surface area contributed by atoms with E-state index in [1.54, 1.807) is 0 Å². The van der Waals surface area contributed by atoms with E-state index in [9.17, 15) is 4.79 Å². The Hall–Kier alpha value is -0.860. The lowest BCUT2D eigenvalue weighted by atomic mass is 9.38. The first-order valence-electron chi connectivity index (χ1n) is 11.2. The summed E-state index contributed by atoms with van der Waals surface area (Å²) in [7, 11) is 0. The molecule has 154 valence electrons. The Morgan fingerprint density at radius 2 is 1.71 bits per heavy atom. The average molecular weight is 402 g/mol. The second kappa shape index (κ2) is 7.13. The molecular formula is C25H36ClNO. The van der Waals surface area contributed by atoms with E-state index in [1.165, 1.54) is 31.2 Å². The summed E-state index contributed by atoms with van der Waals surface area (Å²) in [6.45, 7) is 2.48. The third-order valence-electron chi connectivity index (χ3n) is 8.69. The predicted octanol–water partition coefficient (Wildman–Crippen LogP) is 5.81. The van der Waals surface area contributed by atoms with Crippen LogP contribution in [-0.2, 0) is 10.2 Å². The van der Waals surface area contributed by atoms with Gasteiger partial charge >= 0.3 is 0 Å². The van der Waals surface area contributed by atoms with Crippen molar-refractivity contribution >= 4 is 18.2 Å². The number of hydrogen-bond donors (Lipinski definition) is 1. The fourth-order valence-corrected chi connectivity index (χ4v) is 8.22. The van der Waals surface area contributed by atoms with Gasteiger partial charge in [0.1, 0.15) is 5.78 Å². The van der Waals surface area contributed by atoms with Crippen molar-refractivity contribution < 1.29 is 4.79 Å². The molecule has 0 aliphatic heterocycles. The van der Waals surface area contributed by atoms with Gasteiger partial charge in [-0.3, -0.25) is 4.79 Å². The van der Waals surface area contributed by atoms with Crippen LogP contribution in [0.1, 0.15) is 83.1 Å². The lowest BCUT2D eigenvalue weighted by Crippen LogP contribution is -2.60. The fourth-order valence-electron chi connectivity index (χ4n) is 8.22. The highest BCUT2D eigenvalue weighted by Gasteiger charge is 2.64. The second-order valence-electron chi connectivity index (χ2n) is 11.2. The Morgan fingerprint density at radius 3 is 2.39 bits per heavy atom. The number of nitrogens with two attached hydrogens (primary N) is 1. The van der Waals surface area contributed by atoms with Crippen molar-refractivity contribution in [2.24, 2.45) is 28.4 Å².